The van der Waals surface area contributed by atoms with E-state index in [2.05, 4.69) is 4.98 Å². The van der Waals surface area contributed by atoms with Gasteiger partial charge in [-0.05, 0) is 35.9 Å². The zero-order valence-electron chi connectivity index (χ0n) is 11.2. The molecule has 3 aromatic rings. The lowest BCUT2D eigenvalue weighted by Gasteiger charge is -2.07. The molecule has 0 N–H and O–H groups in total. The fraction of sp³-hybridized carbons (Fsp3) is 0. The van der Waals surface area contributed by atoms with Crippen LogP contribution < -0.4 is 0 Å². The largest absolute Gasteiger partial charge is 0.303 e. The molecule has 0 aliphatic rings. The van der Waals surface area contributed by atoms with Gasteiger partial charge in [0, 0.05) is 17.4 Å². The summed E-state index contributed by atoms with van der Waals surface area (Å²) in [7, 11) is 0. The summed E-state index contributed by atoms with van der Waals surface area (Å²) in [5.41, 5.74) is 1.38. The van der Waals surface area contributed by atoms with Gasteiger partial charge < -0.3 is 4.57 Å². The fourth-order valence-corrected chi connectivity index (χ4v) is 3.06. The van der Waals surface area contributed by atoms with Crippen molar-refractivity contribution >= 4 is 52.1 Å². The molecule has 0 saturated carbocycles. The average molecular weight is 349 g/mol. The van der Waals surface area contributed by atoms with Gasteiger partial charge in [0.2, 0.25) is 5.78 Å². The molecule has 0 aliphatic carbocycles. The summed E-state index contributed by atoms with van der Waals surface area (Å²) in [4.78, 5) is 17.3. The van der Waals surface area contributed by atoms with Crippen LogP contribution in [0.3, 0.4) is 0 Å². The van der Waals surface area contributed by atoms with Crippen LogP contribution in [-0.2, 0) is 0 Å². The van der Waals surface area contributed by atoms with Crippen LogP contribution in [-0.4, -0.2) is 15.3 Å². The van der Waals surface area contributed by atoms with Crippen molar-refractivity contribution in [1.29, 1.82) is 0 Å². The molecule has 0 radical (unpaired) electrons. The lowest BCUT2D eigenvalue weighted by molar-refractivity contribution is 0.105. The Morgan fingerprint density at radius 1 is 1.14 bits per heavy atom. The average Bonchev–Trinajstić information content (AvgIpc) is 3.17. The summed E-state index contributed by atoms with van der Waals surface area (Å²) in [6.07, 6.45) is 6.75. The van der Waals surface area contributed by atoms with Gasteiger partial charge in [-0.1, -0.05) is 35.3 Å². The zero-order valence-corrected chi connectivity index (χ0v) is 13.6. The number of benzene rings is 1. The van der Waals surface area contributed by atoms with Crippen molar-refractivity contribution < 1.29 is 4.79 Å². The third kappa shape index (κ3) is 3.30. The van der Waals surface area contributed by atoms with Crippen LogP contribution in [0.5, 0.6) is 0 Å². The molecule has 3 rings (SSSR count). The molecule has 0 unspecified atom stereocenters. The number of imidazole rings is 1. The number of carbonyl (C=O) groups excluding carboxylic acids is 1. The minimum Gasteiger partial charge on any atom is -0.303 e. The summed E-state index contributed by atoms with van der Waals surface area (Å²) in [6.45, 7) is 0. The van der Waals surface area contributed by atoms with Crippen LogP contribution in [0.25, 0.3) is 11.8 Å². The molecular weight excluding hydrogens is 339 g/mol. The summed E-state index contributed by atoms with van der Waals surface area (Å²) < 4.78 is 2.27. The molecule has 0 aliphatic heterocycles. The molecule has 0 bridgehead atoms. The molecule has 6 heteroatoms. The van der Waals surface area contributed by atoms with Crippen molar-refractivity contribution in [2.24, 2.45) is 0 Å². The van der Waals surface area contributed by atoms with Crippen molar-refractivity contribution in [3.8, 4) is 0 Å². The molecule has 1 aromatic carbocycles. The Bertz CT molecular complexity index is 820. The van der Waals surface area contributed by atoms with Gasteiger partial charge in [-0.25, -0.2) is 4.98 Å². The molecule has 2 heterocycles. The first kappa shape index (κ1) is 15.0. The fourth-order valence-electron chi connectivity index (χ4n) is 1.94. The normalized spacial score (nSPS) is 11.6. The summed E-state index contributed by atoms with van der Waals surface area (Å²) in [6, 6.07) is 10.7. The van der Waals surface area contributed by atoms with E-state index in [0.29, 0.717) is 19.9 Å². The van der Waals surface area contributed by atoms with Crippen molar-refractivity contribution in [2.45, 2.75) is 0 Å². The van der Waals surface area contributed by atoms with E-state index in [0.717, 1.165) is 5.56 Å². The van der Waals surface area contributed by atoms with Gasteiger partial charge in [-0.15, -0.1) is 11.3 Å². The smallest absolute Gasteiger partial charge is 0.219 e. The van der Waals surface area contributed by atoms with Crippen molar-refractivity contribution in [3.05, 3.63) is 74.9 Å². The standard InChI is InChI=1S/C16H10Cl2N2OS/c17-12-3-1-11(2-4-12)9-13(20-8-7-19-10-20)16(21)14-5-6-15(18)22-14/h1-10H. The molecule has 0 fully saturated rings. The SMILES string of the molecule is O=C(C(=Cc1ccc(Cl)cc1)n1ccnc1)c1ccc(Cl)s1. The molecule has 110 valence electrons. The Kier molecular flexibility index (Phi) is 4.43. The van der Waals surface area contributed by atoms with Gasteiger partial charge in [0.1, 0.15) is 0 Å². The van der Waals surface area contributed by atoms with Gasteiger partial charge in [0.05, 0.1) is 21.2 Å². The highest BCUT2D eigenvalue weighted by Gasteiger charge is 2.16. The summed E-state index contributed by atoms with van der Waals surface area (Å²) in [5.74, 6) is -0.107. The van der Waals surface area contributed by atoms with Gasteiger partial charge in [-0.2, -0.15) is 0 Å². The highest BCUT2D eigenvalue weighted by molar-refractivity contribution is 7.18. The van der Waals surface area contributed by atoms with Crippen molar-refractivity contribution in [3.63, 3.8) is 0 Å². The van der Waals surface area contributed by atoms with E-state index in [1.165, 1.54) is 11.3 Å². The van der Waals surface area contributed by atoms with Gasteiger partial charge in [0.15, 0.2) is 0 Å². The molecule has 22 heavy (non-hydrogen) atoms. The number of halogens is 2. The summed E-state index contributed by atoms with van der Waals surface area (Å²) >= 11 is 13.1. The van der Waals surface area contributed by atoms with E-state index in [1.54, 1.807) is 53.6 Å². The highest BCUT2D eigenvalue weighted by Crippen LogP contribution is 2.26. The lowest BCUT2D eigenvalue weighted by Crippen LogP contribution is -2.06. The quantitative estimate of drug-likeness (QED) is 0.483. The molecular formula is C16H10Cl2N2OS. The number of nitrogens with zero attached hydrogens (tertiary/aromatic N) is 2. The maximum Gasteiger partial charge on any atom is 0.219 e. The predicted octanol–water partition coefficient (Wildman–Crippen LogP) is 5.13. The molecule has 0 spiro atoms. The first-order valence-electron chi connectivity index (χ1n) is 6.39. The highest BCUT2D eigenvalue weighted by atomic mass is 35.5. The van der Waals surface area contributed by atoms with Crippen molar-refractivity contribution in [2.75, 3.05) is 0 Å². The van der Waals surface area contributed by atoms with Crippen LogP contribution in [0, 0.1) is 0 Å². The first-order chi connectivity index (χ1) is 10.6. The Morgan fingerprint density at radius 3 is 2.50 bits per heavy atom. The van der Waals surface area contributed by atoms with Gasteiger partial charge >= 0.3 is 0 Å². The molecule has 2 aromatic heterocycles. The first-order valence-corrected chi connectivity index (χ1v) is 7.96. The van der Waals surface area contributed by atoms with E-state index in [1.807, 2.05) is 12.1 Å². The van der Waals surface area contributed by atoms with Gasteiger partial charge in [-0.3, -0.25) is 4.79 Å². The van der Waals surface area contributed by atoms with Gasteiger partial charge in [0.25, 0.3) is 0 Å². The van der Waals surface area contributed by atoms with E-state index in [4.69, 9.17) is 23.2 Å². The Morgan fingerprint density at radius 2 is 1.91 bits per heavy atom. The zero-order chi connectivity index (χ0) is 15.5. The third-order valence-electron chi connectivity index (χ3n) is 2.99. The molecule has 3 nitrogen and oxygen atoms in total. The van der Waals surface area contributed by atoms with E-state index < -0.39 is 0 Å². The molecule has 0 amide bonds. The van der Waals surface area contributed by atoms with E-state index in [-0.39, 0.29) is 5.78 Å². The van der Waals surface area contributed by atoms with E-state index in [9.17, 15) is 4.79 Å². The topological polar surface area (TPSA) is 34.9 Å². The van der Waals surface area contributed by atoms with Crippen LogP contribution in [0.2, 0.25) is 9.36 Å². The minimum atomic E-state index is -0.107. The maximum atomic E-state index is 12.7. The minimum absolute atomic E-state index is 0.107. The predicted molar refractivity (Wildman–Crippen MR) is 91.5 cm³/mol. The second-order valence-electron chi connectivity index (χ2n) is 4.48. The number of hydrogen-bond acceptors (Lipinski definition) is 3. The number of allylic oxidation sites excluding steroid dienone is 1. The Labute approximate surface area is 141 Å². The van der Waals surface area contributed by atoms with Crippen LogP contribution in [0.4, 0.5) is 0 Å². The second-order valence-corrected chi connectivity index (χ2v) is 6.64. The Hall–Kier alpha value is -1.88. The number of rotatable bonds is 4. The number of Topliss-reactive ketones (excluding diaryl/α,β-unsaturated/α-hetero) is 1. The number of aromatic nitrogens is 2. The Balaban J connectivity index is 2.04. The number of hydrogen-bond donors (Lipinski definition) is 0. The monoisotopic (exact) mass is 348 g/mol. The van der Waals surface area contributed by atoms with Crippen LogP contribution >= 0.6 is 34.5 Å². The molecule has 0 atom stereocenters. The summed E-state index contributed by atoms with van der Waals surface area (Å²) in [5, 5.41) is 0.651. The second kappa shape index (κ2) is 6.48. The molecule has 0 saturated heterocycles. The number of thiophene rings is 1. The van der Waals surface area contributed by atoms with Crippen LogP contribution in [0.15, 0.2) is 55.1 Å². The lowest BCUT2D eigenvalue weighted by atomic mass is 10.1. The maximum absolute atomic E-state index is 12.7. The number of ketones is 1. The number of carbonyl (C=O) groups is 1. The van der Waals surface area contributed by atoms with Crippen LogP contribution in [0.1, 0.15) is 15.2 Å². The van der Waals surface area contributed by atoms with Crippen molar-refractivity contribution in [1.82, 2.24) is 9.55 Å². The third-order valence-corrected chi connectivity index (χ3v) is 4.47. The van der Waals surface area contributed by atoms with E-state index >= 15 is 0 Å².